The van der Waals surface area contributed by atoms with E-state index in [9.17, 15) is 19.7 Å². The van der Waals surface area contributed by atoms with Crippen molar-refractivity contribution in [2.45, 2.75) is 39.2 Å². The molecule has 1 aromatic heterocycles. The fraction of sp³-hybridized carbons (Fsp3) is 0.476. The Hall–Kier alpha value is -2.94. The fourth-order valence-electron chi connectivity index (χ4n) is 3.54. The minimum Gasteiger partial charge on any atom is -0.444 e. The number of nitrogens with one attached hydrogen (secondary N) is 1. The number of piperidine rings is 1. The van der Waals surface area contributed by atoms with Crippen molar-refractivity contribution in [2.24, 2.45) is 5.92 Å². The summed E-state index contributed by atoms with van der Waals surface area (Å²) in [5.41, 5.74) is -0.380. The van der Waals surface area contributed by atoms with E-state index in [4.69, 9.17) is 16.3 Å². The Morgan fingerprint density at radius 2 is 2.03 bits per heavy atom. The van der Waals surface area contributed by atoms with Crippen LogP contribution in [0.1, 0.15) is 44.0 Å². The molecule has 0 spiro atoms. The lowest BCUT2D eigenvalue weighted by molar-refractivity contribution is -0.382. The highest BCUT2D eigenvalue weighted by atomic mass is 35.5. The lowest BCUT2D eigenvalue weighted by Crippen LogP contribution is -2.43. The second kappa shape index (κ2) is 9.05. The Labute approximate surface area is 184 Å². The van der Waals surface area contributed by atoms with E-state index in [0.717, 1.165) is 12.8 Å². The molecule has 1 aliphatic heterocycles. The molecule has 1 aromatic carbocycles. The van der Waals surface area contributed by atoms with Crippen molar-refractivity contribution in [3.8, 4) is 0 Å². The van der Waals surface area contributed by atoms with Gasteiger partial charge in [0.25, 0.3) is 11.6 Å². The number of carbonyl (C=O) groups excluding carboxylic acids is 2. The summed E-state index contributed by atoms with van der Waals surface area (Å²) in [6.45, 7) is 7.03. The zero-order valence-corrected chi connectivity index (χ0v) is 18.4. The van der Waals surface area contributed by atoms with Crippen LogP contribution in [0, 0.1) is 16.0 Å². The first-order valence-corrected chi connectivity index (χ1v) is 10.4. The average molecular weight is 449 g/mol. The number of carbonyl (C=O) groups is 2. The summed E-state index contributed by atoms with van der Waals surface area (Å²) in [6.07, 6.45) is 2.62. The number of fused-ring (bicyclic) bond motifs is 1. The molecule has 3 rings (SSSR count). The van der Waals surface area contributed by atoms with Crippen LogP contribution in [0.2, 0.25) is 5.02 Å². The van der Waals surface area contributed by atoms with Gasteiger partial charge in [-0.3, -0.25) is 19.9 Å². The number of hydrogen-bond acceptors (Lipinski definition) is 6. The Bertz CT molecular complexity index is 1010. The van der Waals surface area contributed by atoms with Gasteiger partial charge in [0.05, 0.1) is 21.4 Å². The molecule has 9 nitrogen and oxygen atoms in total. The molecule has 0 saturated carbocycles. The number of likely N-dealkylation sites (tertiary alicyclic amines) is 1. The number of nitrogens with zero attached hydrogens (tertiary/aromatic N) is 3. The highest BCUT2D eigenvalue weighted by molar-refractivity contribution is 6.35. The molecule has 10 heteroatoms. The van der Waals surface area contributed by atoms with Crippen LogP contribution >= 0.6 is 11.6 Å². The van der Waals surface area contributed by atoms with Crippen molar-refractivity contribution in [1.82, 2.24) is 15.2 Å². The minimum atomic E-state index is -0.577. The summed E-state index contributed by atoms with van der Waals surface area (Å²) in [7, 11) is 0. The quantitative estimate of drug-likeness (QED) is 0.554. The molecule has 2 amide bonds. The number of amides is 2. The number of hydrogen-bond donors (Lipinski definition) is 1. The van der Waals surface area contributed by atoms with Crippen LogP contribution in [0.4, 0.5) is 10.5 Å². The normalized spacial score (nSPS) is 15.0. The van der Waals surface area contributed by atoms with Gasteiger partial charge in [-0.15, -0.1) is 0 Å². The first kappa shape index (κ1) is 22.7. The van der Waals surface area contributed by atoms with E-state index in [1.807, 2.05) is 20.8 Å². The number of nitro groups is 1. The smallest absolute Gasteiger partial charge is 0.410 e. The van der Waals surface area contributed by atoms with Crippen LogP contribution in [0.25, 0.3) is 10.9 Å². The van der Waals surface area contributed by atoms with Crippen LogP contribution in [-0.4, -0.2) is 52.0 Å². The molecule has 0 bridgehead atoms. The Morgan fingerprint density at radius 1 is 1.35 bits per heavy atom. The van der Waals surface area contributed by atoms with Crippen LogP contribution < -0.4 is 5.32 Å². The predicted molar refractivity (Wildman–Crippen MR) is 116 cm³/mol. The highest BCUT2D eigenvalue weighted by Crippen LogP contribution is 2.34. The molecule has 0 aliphatic carbocycles. The molecule has 0 unspecified atom stereocenters. The highest BCUT2D eigenvalue weighted by Gasteiger charge is 2.28. The van der Waals surface area contributed by atoms with Crippen LogP contribution in [0.5, 0.6) is 0 Å². The first-order chi connectivity index (χ1) is 14.6. The van der Waals surface area contributed by atoms with Gasteiger partial charge in [0.2, 0.25) is 0 Å². The van der Waals surface area contributed by atoms with Crippen molar-refractivity contribution >= 4 is 40.2 Å². The zero-order chi connectivity index (χ0) is 22.8. The number of pyridine rings is 1. The summed E-state index contributed by atoms with van der Waals surface area (Å²) >= 11 is 6.09. The van der Waals surface area contributed by atoms with Crippen LogP contribution in [-0.2, 0) is 4.74 Å². The summed E-state index contributed by atoms with van der Waals surface area (Å²) in [4.78, 5) is 41.6. The largest absolute Gasteiger partial charge is 0.444 e. The lowest BCUT2D eigenvalue weighted by Gasteiger charge is -2.33. The molecule has 1 aliphatic rings. The molecular weight excluding hydrogens is 424 g/mol. The Kier molecular flexibility index (Phi) is 6.64. The number of ether oxygens (including phenoxy) is 1. The number of nitro benzene ring substituents is 1. The summed E-state index contributed by atoms with van der Waals surface area (Å²) < 4.78 is 5.40. The molecule has 2 aromatic rings. The maximum absolute atomic E-state index is 12.8. The van der Waals surface area contributed by atoms with E-state index < -0.39 is 16.4 Å². The standard InChI is InChI=1S/C21H25ClN4O5/c1-21(2,3)31-20(28)25-9-6-13(7-10-25)12-24-19(27)15-11-16(22)18(26(29)30)14-5-4-8-23-17(14)15/h4-5,8,11,13H,6-7,9-10,12H2,1-3H3,(H,24,27). The molecule has 1 saturated heterocycles. The number of aromatic nitrogens is 1. The second-order valence-electron chi connectivity index (χ2n) is 8.53. The molecule has 1 N–H and O–H groups in total. The van der Waals surface area contributed by atoms with Crippen molar-refractivity contribution in [1.29, 1.82) is 0 Å². The predicted octanol–water partition coefficient (Wildman–Crippen LogP) is 4.17. The van der Waals surface area contributed by atoms with E-state index in [1.165, 1.54) is 18.3 Å². The van der Waals surface area contributed by atoms with E-state index in [1.54, 1.807) is 11.0 Å². The average Bonchev–Trinajstić information content (AvgIpc) is 2.70. The SMILES string of the molecule is CC(C)(C)OC(=O)N1CCC(CNC(=O)c2cc(Cl)c([N+](=O)[O-])c3cccnc23)CC1. The number of halogens is 1. The zero-order valence-electron chi connectivity index (χ0n) is 17.7. The van der Waals surface area contributed by atoms with Gasteiger partial charge in [0.1, 0.15) is 10.6 Å². The Morgan fingerprint density at radius 3 is 2.65 bits per heavy atom. The summed E-state index contributed by atoms with van der Waals surface area (Å²) in [5.74, 6) is -0.189. The van der Waals surface area contributed by atoms with Crippen LogP contribution in [0.3, 0.4) is 0 Å². The van der Waals surface area contributed by atoms with Gasteiger partial charge < -0.3 is 15.0 Å². The van der Waals surface area contributed by atoms with Crippen molar-refractivity contribution in [3.05, 3.63) is 45.1 Å². The van der Waals surface area contributed by atoms with E-state index >= 15 is 0 Å². The molecule has 1 fully saturated rings. The fourth-order valence-corrected chi connectivity index (χ4v) is 3.82. The maximum Gasteiger partial charge on any atom is 0.410 e. The third-order valence-electron chi connectivity index (χ3n) is 5.06. The van der Waals surface area contributed by atoms with E-state index in [2.05, 4.69) is 10.3 Å². The van der Waals surface area contributed by atoms with Gasteiger partial charge in [-0.1, -0.05) is 11.6 Å². The lowest BCUT2D eigenvalue weighted by atomic mass is 9.97. The molecule has 2 heterocycles. The monoisotopic (exact) mass is 448 g/mol. The molecular formula is C21H25ClN4O5. The second-order valence-corrected chi connectivity index (χ2v) is 8.94. The Balaban J connectivity index is 1.64. The van der Waals surface area contributed by atoms with Crippen molar-refractivity contribution < 1.29 is 19.2 Å². The third-order valence-corrected chi connectivity index (χ3v) is 5.35. The van der Waals surface area contributed by atoms with Crippen molar-refractivity contribution in [2.75, 3.05) is 19.6 Å². The van der Waals surface area contributed by atoms with Gasteiger partial charge in [-0.05, 0) is 57.7 Å². The van der Waals surface area contributed by atoms with Gasteiger partial charge in [0.15, 0.2) is 0 Å². The van der Waals surface area contributed by atoms with Gasteiger partial charge in [-0.25, -0.2) is 4.79 Å². The molecule has 0 radical (unpaired) electrons. The van der Waals surface area contributed by atoms with Gasteiger partial charge in [-0.2, -0.15) is 0 Å². The summed E-state index contributed by atoms with van der Waals surface area (Å²) in [6, 6.07) is 4.37. The molecule has 31 heavy (non-hydrogen) atoms. The van der Waals surface area contributed by atoms with Crippen molar-refractivity contribution in [3.63, 3.8) is 0 Å². The van der Waals surface area contributed by atoms with Gasteiger partial charge >= 0.3 is 6.09 Å². The van der Waals surface area contributed by atoms with E-state index in [0.29, 0.717) is 19.6 Å². The van der Waals surface area contributed by atoms with Crippen LogP contribution in [0.15, 0.2) is 24.4 Å². The first-order valence-electron chi connectivity index (χ1n) is 10.0. The molecule has 166 valence electrons. The topological polar surface area (TPSA) is 115 Å². The number of benzene rings is 1. The third kappa shape index (κ3) is 5.41. The van der Waals surface area contributed by atoms with E-state index in [-0.39, 0.29) is 39.2 Å². The minimum absolute atomic E-state index is 0.110. The molecule has 0 atom stereocenters. The summed E-state index contributed by atoms with van der Waals surface area (Å²) in [5, 5.41) is 14.3. The maximum atomic E-state index is 12.8. The number of rotatable bonds is 4. The van der Waals surface area contributed by atoms with Gasteiger partial charge in [0, 0.05) is 25.8 Å².